The minimum Gasteiger partial charge on any atom is -0.339 e. The van der Waals surface area contributed by atoms with E-state index in [-0.39, 0.29) is 17.6 Å². The third kappa shape index (κ3) is 4.74. The van der Waals surface area contributed by atoms with Gasteiger partial charge in [-0.1, -0.05) is 17.3 Å². The molecule has 1 fully saturated rings. The SMILES string of the molecule is Cc1ccc(C)c(NC(=O)CN2CCC(c3nc(-c4ccc(F)cc4)no3)CC2)c1. The number of carbonyl (C=O) groups excluding carboxylic acids is 1. The number of piperidine rings is 1. The molecule has 1 N–H and O–H groups in total. The number of carbonyl (C=O) groups is 1. The number of anilines is 1. The molecule has 7 heteroatoms. The van der Waals surface area contributed by atoms with E-state index >= 15 is 0 Å². The Balaban J connectivity index is 1.30. The number of benzene rings is 2. The first-order valence-corrected chi connectivity index (χ1v) is 10.2. The molecular weight excluding hydrogens is 383 g/mol. The van der Waals surface area contributed by atoms with Crippen LogP contribution < -0.4 is 5.32 Å². The average Bonchev–Trinajstić information content (AvgIpc) is 3.22. The van der Waals surface area contributed by atoms with Gasteiger partial charge in [-0.3, -0.25) is 9.69 Å². The van der Waals surface area contributed by atoms with Gasteiger partial charge < -0.3 is 9.84 Å². The molecule has 6 nitrogen and oxygen atoms in total. The third-order valence-electron chi connectivity index (χ3n) is 5.52. The molecule has 1 aliphatic rings. The van der Waals surface area contributed by atoms with Gasteiger partial charge in [-0.25, -0.2) is 4.39 Å². The van der Waals surface area contributed by atoms with Gasteiger partial charge in [0.05, 0.1) is 6.54 Å². The van der Waals surface area contributed by atoms with Crippen LogP contribution in [-0.4, -0.2) is 40.6 Å². The van der Waals surface area contributed by atoms with Gasteiger partial charge in [-0.2, -0.15) is 4.98 Å². The van der Waals surface area contributed by atoms with Crippen molar-refractivity contribution in [3.05, 3.63) is 65.3 Å². The van der Waals surface area contributed by atoms with Crippen molar-refractivity contribution in [2.45, 2.75) is 32.6 Å². The quantitative estimate of drug-likeness (QED) is 0.681. The first-order valence-electron chi connectivity index (χ1n) is 10.2. The van der Waals surface area contributed by atoms with E-state index in [9.17, 15) is 9.18 Å². The molecule has 156 valence electrons. The van der Waals surface area contributed by atoms with E-state index in [1.807, 2.05) is 32.0 Å². The van der Waals surface area contributed by atoms with E-state index in [0.29, 0.717) is 18.3 Å². The van der Waals surface area contributed by atoms with Gasteiger partial charge in [0.2, 0.25) is 17.6 Å². The van der Waals surface area contributed by atoms with E-state index in [0.717, 1.165) is 48.3 Å². The predicted molar refractivity (Wildman–Crippen MR) is 113 cm³/mol. The van der Waals surface area contributed by atoms with Crippen molar-refractivity contribution in [2.24, 2.45) is 0 Å². The zero-order valence-electron chi connectivity index (χ0n) is 17.2. The summed E-state index contributed by atoms with van der Waals surface area (Å²) in [6.07, 6.45) is 1.70. The van der Waals surface area contributed by atoms with E-state index in [1.54, 1.807) is 12.1 Å². The summed E-state index contributed by atoms with van der Waals surface area (Å²) in [6, 6.07) is 12.1. The number of rotatable bonds is 5. The number of nitrogens with one attached hydrogen (secondary N) is 1. The highest BCUT2D eigenvalue weighted by molar-refractivity contribution is 5.93. The lowest BCUT2D eigenvalue weighted by molar-refractivity contribution is -0.117. The Morgan fingerprint density at radius 2 is 1.90 bits per heavy atom. The smallest absolute Gasteiger partial charge is 0.238 e. The number of halogens is 1. The molecule has 0 saturated carbocycles. The fourth-order valence-corrected chi connectivity index (χ4v) is 3.72. The Hall–Kier alpha value is -3.06. The Kier molecular flexibility index (Phi) is 5.90. The molecule has 1 saturated heterocycles. The van der Waals surface area contributed by atoms with Crippen molar-refractivity contribution in [3.63, 3.8) is 0 Å². The fourth-order valence-electron chi connectivity index (χ4n) is 3.72. The predicted octanol–water partition coefficient (Wildman–Crippen LogP) is 4.31. The van der Waals surface area contributed by atoms with Gasteiger partial charge in [-0.15, -0.1) is 0 Å². The largest absolute Gasteiger partial charge is 0.339 e. The second-order valence-corrected chi connectivity index (χ2v) is 7.88. The summed E-state index contributed by atoms with van der Waals surface area (Å²) >= 11 is 0. The molecule has 1 amide bonds. The Morgan fingerprint density at radius 3 is 2.63 bits per heavy atom. The maximum atomic E-state index is 13.1. The van der Waals surface area contributed by atoms with Gasteiger partial charge in [0.1, 0.15) is 5.82 Å². The fraction of sp³-hybridized carbons (Fsp3) is 0.348. The van der Waals surface area contributed by atoms with Crippen molar-refractivity contribution in [1.82, 2.24) is 15.0 Å². The van der Waals surface area contributed by atoms with Crippen molar-refractivity contribution in [1.29, 1.82) is 0 Å². The highest BCUT2D eigenvalue weighted by Gasteiger charge is 2.26. The van der Waals surface area contributed by atoms with Gasteiger partial charge in [0.25, 0.3) is 0 Å². The standard InChI is InChI=1S/C23H25FN4O2/c1-15-3-4-16(2)20(13-15)25-21(29)14-28-11-9-18(10-12-28)23-26-22(27-30-23)17-5-7-19(24)8-6-17/h3-8,13,18H,9-12,14H2,1-2H3,(H,25,29). The summed E-state index contributed by atoms with van der Waals surface area (Å²) in [7, 11) is 0. The van der Waals surface area contributed by atoms with Gasteiger partial charge in [0, 0.05) is 17.2 Å². The van der Waals surface area contributed by atoms with Crippen LogP contribution in [-0.2, 0) is 4.79 Å². The maximum absolute atomic E-state index is 13.1. The summed E-state index contributed by atoms with van der Waals surface area (Å²) in [5.74, 6) is 0.953. The Bertz CT molecular complexity index is 1020. The molecule has 0 unspecified atom stereocenters. The van der Waals surface area contributed by atoms with E-state index in [4.69, 9.17) is 4.52 Å². The van der Waals surface area contributed by atoms with E-state index in [1.165, 1.54) is 12.1 Å². The van der Waals surface area contributed by atoms with Crippen LogP contribution in [0.2, 0.25) is 0 Å². The number of hydrogen-bond acceptors (Lipinski definition) is 5. The molecule has 1 aliphatic heterocycles. The molecule has 0 radical (unpaired) electrons. The monoisotopic (exact) mass is 408 g/mol. The number of aromatic nitrogens is 2. The van der Waals surface area contributed by atoms with Crippen molar-refractivity contribution >= 4 is 11.6 Å². The van der Waals surface area contributed by atoms with Crippen LogP contribution in [0.4, 0.5) is 10.1 Å². The second kappa shape index (κ2) is 8.75. The summed E-state index contributed by atoms with van der Waals surface area (Å²) in [4.78, 5) is 19.1. The average molecular weight is 408 g/mol. The normalized spacial score (nSPS) is 15.3. The third-order valence-corrected chi connectivity index (χ3v) is 5.52. The minimum absolute atomic E-state index is 0.00136. The highest BCUT2D eigenvalue weighted by atomic mass is 19.1. The summed E-state index contributed by atoms with van der Waals surface area (Å²) < 4.78 is 18.5. The molecule has 0 spiro atoms. The van der Waals surface area contributed by atoms with Crippen LogP contribution in [0.5, 0.6) is 0 Å². The summed E-state index contributed by atoms with van der Waals surface area (Å²) in [5, 5.41) is 7.05. The molecular formula is C23H25FN4O2. The van der Waals surface area contributed by atoms with Crippen LogP contribution >= 0.6 is 0 Å². The van der Waals surface area contributed by atoms with Crippen LogP contribution in [0.1, 0.15) is 35.8 Å². The van der Waals surface area contributed by atoms with Crippen LogP contribution in [0.25, 0.3) is 11.4 Å². The molecule has 2 heterocycles. The maximum Gasteiger partial charge on any atom is 0.238 e. The van der Waals surface area contributed by atoms with Gasteiger partial charge >= 0.3 is 0 Å². The number of aryl methyl sites for hydroxylation is 2. The Morgan fingerprint density at radius 1 is 1.17 bits per heavy atom. The molecule has 30 heavy (non-hydrogen) atoms. The lowest BCUT2D eigenvalue weighted by Gasteiger charge is -2.29. The van der Waals surface area contributed by atoms with Crippen LogP contribution in [0.15, 0.2) is 47.0 Å². The lowest BCUT2D eigenvalue weighted by Crippen LogP contribution is -2.38. The number of hydrogen-bond donors (Lipinski definition) is 1. The first kappa shape index (κ1) is 20.2. The first-order chi connectivity index (χ1) is 14.5. The molecule has 1 aromatic heterocycles. The van der Waals surface area contributed by atoms with Gasteiger partial charge in [-0.05, 0) is 81.2 Å². The van der Waals surface area contributed by atoms with Crippen molar-refractivity contribution < 1.29 is 13.7 Å². The lowest BCUT2D eigenvalue weighted by atomic mass is 9.97. The molecule has 4 rings (SSSR count). The molecule has 0 bridgehead atoms. The second-order valence-electron chi connectivity index (χ2n) is 7.88. The topological polar surface area (TPSA) is 71.3 Å². The Labute approximate surface area is 175 Å². The van der Waals surface area contributed by atoms with Crippen molar-refractivity contribution in [2.75, 3.05) is 25.0 Å². The van der Waals surface area contributed by atoms with Crippen LogP contribution in [0.3, 0.4) is 0 Å². The molecule has 0 aliphatic carbocycles. The zero-order chi connectivity index (χ0) is 21.1. The molecule has 0 atom stereocenters. The minimum atomic E-state index is -0.295. The summed E-state index contributed by atoms with van der Waals surface area (Å²) in [5.41, 5.74) is 3.78. The molecule has 3 aromatic rings. The van der Waals surface area contributed by atoms with Crippen LogP contribution in [0, 0.1) is 19.7 Å². The zero-order valence-corrected chi connectivity index (χ0v) is 17.2. The molecule has 2 aromatic carbocycles. The number of amides is 1. The summed E-state index contributed by atoms with van der Waals surface area (Å²) in [6.45, 7) is 5.95. The van der Waals surface area contributed by atoms with E-state index in [2.05, 4.69) is 20.4 Å². The highest BCUT2D eigenvalue weighted by Crippen LogP contribution is 2.28. The number of nitrogens with zero attached hydrogens (tertiary/aromatic N) is 3. The van der Waals surface area contributed by atoms with Gasteiger partial charge in [0.15, 0.2) is 0 Å². The number of likely N-dealkylation sites (tertiary alicyclic amines) is 1. The van der Waals surface area contributed by atoms with Crippen molar-refractivity contribution in [3.8, 4) is 11.4 Å². The van der Waals surface area contributed by atoms with E-state index < -0.39 is 0 Å².